The van der Waals surface area contributed by atoms with Crippen LogP contribution in [-0.2, 0) is 0 Å². The van der Waals surface area contributed by atoms with E-state index in [4.69, 9.17) is 0 Å². The zero-order valence-corrected chi connectivity index (χ0v) is 11.5. The smallest absolute Gasteiger partial charge is 0.0161 e. The van der Waals surface area contributed by atoms with Crippen LogP contribution in [0.2, 0.25) is 0 Å². The molecule has 0 amide bonds. The highest BCUT2D eigenvalue weighted by atomic mass is 32.2. The van der Waals surface area contributed by atoms with Gasteiger partial charge in [-0.2, -0.15) is 11.8 Å². The molecule has 1 saturated heterocycles. The molecule has 2 aliphatic rings. The van der Waals surface area contributed by atoms with Crippen molar-refractivity contribution in [1.29, 1.82) is 0 Å². The van der Waals surface area contributed by atoms with Gasteiger partial charge in [0.05, 0.1) is 0 Å². The van der Waals surface area contributed by atoms with Gasteiger partial charge >= 0.3 is 0 Å². The molecular weight excluding hydrogens is 214 g/mol. The average Bonchev–Trinajstić information content (AvgIpc) is 2.75. The molecule has 3 unspecified atom stereocenters. The van der Waals surface area contributed by atoms with Gasteiger partial charge in [-0.15, -0.1) is 0 Å². The molecule has 16 heavy (non-hydrogen) atoms. The van der Waals surface area contributed by atoms with Gasteiger partial charge in [-0.25, -0.2) is 0 Å². The predicted octanol–water partition coefficient (Wildman–Crippen LogP) is 3.83. The van der Waals surface area contributed by atoms with Crippen LogP contribution >= 0.6 is 11.8 Å². The minimum atomic E-state index is 0.825. The summed E-state index contributed by atoms with van der Waals surface area (Å²) in [5.41, 5.74) is 0. The fraction of sp³-hybridized carbons (Fsp3) is 1.00. The molecule has 0 bridgehead atoms. The normalized spacial score (nSPS) is 35.4. The van der Waals surface area contributed by atoms with Crippen LogP contribution in [0.3, 0.4) is 0 Å². The number of hydrogen-bond donors (Lipinski definition) is 1. The molecule has 2 fully saturated rings. The lowest BCUT2D eigenvalue weighted by molar-refractivity contribution is 0.334. The van der Waals surface area contributed by atoms with E-state index >= 15 is 0 Å². The molecule has 1 aliphatic carbocycles. The van der Waals surface area contributed by atoms with E-state index in [9.17, 15) is 0 Å². The molecule has 1 aliphatic heterocycles. The van der Waals surface area contributed by atoms with Gasteiger partial charge in [0.1, 0.15) is 0 Å². The van der Waals surface area contributed by atoms with Crippen molar-refractivity contribution in [1.82, 2.24) is 5.32 Å². The summed E-state index contributed by atoms with van der Waals surface area (Å²) in [7, 11) is 0. The first-order valence-electron chi connectivity index (χ1n) is 7.24. The van der Waals surface area contributed by atoms with Gasteiger partial charge in [-0.1, -0.05) is 26.2 Å². The van der Waals surface area contributed by atoms with E-state index in [1.807, 2.05) is 0 Å². The SMILES string of the molecule is CCCCC1CCCC1NC1CCCSC1. The van der Waals surface area contributed by atoms with E-state index in [0.717, 1.165) is 18.0 Å². The van der Waals surface area contributed by atoms with E-state index in [0.29, 0.717) is 0 Å². The minimum absolute atomic E-state index is 0.825. The predicted molar refractivity (Wildman–Crippen MR) is 74.1 cm³/mol. The number of thioether (sulfide) groups is 1. The third kappa shape index (κ3) is 3.66. The monoisotopic (exact) mass is 241 g/mol. The summed E-state index contributed by atoms with van der Waals surface area (Å²) in [6, 6.07) is 1.68. The highest BCUT2D eigenvalue weighted by Crippen LogP contribution is 2.31. The summed E-state index contributed by atoms with van der Waals surface area (Å²) in [5, 5.41) is 3.96. The molecule has 2 heteroatoms. The second-order valence-corrected chi connectivity index (χ2v) is 6.67. The van der Waals surface area contributed by atoms with Crippen LogP contribution in [0.25, 0.3) is 0 Å². The maximum atomic E-state index is 3.96. The first-order valence-corrected chi connectivity index (χ1v) is 8.39. The maximum Gasteiger partial charge on any atom is 0.0161 e. The summed E-state index contributed by atoms with van der Waals surface area (Å²) in [6.45, 7) is 2.31. The topological polar surface area (TPSA) is 12.0 Å². The largest absolute Gasteiger partial charge is 0.310 e. The van der Waals surface area contributed by atoms with Gasteiger partial charge in [-0.3, -0.25) is 0 Å². The molecule has 0 aromatic carbocycles. The zero-order chi connectivity index (χ0) is 11.2. The summed E-state index contributed by atoms with van der Waals surface area (Å²) >= 11 is 2.14. The number of nitrogens with one attached hydrogen (secondary N) is 1. The highest BCUT2D eigenvalue weighted by Gasteiger charge is 2.28. The Morgan fingerprint density at radius 2 is 2.12 bits per heavy atom. The Hall–Kier alpha value is 0.310. The molecule has 0 radical (unpaired) electrons. The fourth-order valence-electron chi connectivity index (χ4n) is 3.24. The van der Waals surface area contributed by atoms with Gasteiger partial charge in [-0.05, 0) is 43.8 Å². The third-order valence-electron chi connectivity index (χ3n) is 4.20. The van der Waals surface area contributed by atoms with Crippen LogP contribution in [0.15, 0.2) is 0 Å². The lowest BCUT2D eigenvalue weighted by atomic mass is 9.96. The number of unbranched alkanes of at least 4 members (excludes halogenated alkanes) is 1. The Kier molecular flexibility index (Phi) is 5.51. The second-order valence-electron chi connectivity index (χ2n) is 5.52. The fourth-order valence-corrected chi connectivity index (χ4v) is 4.33. The Balaban J connectivity index is 1.73. The number of hydrogen-bond acceptors (Lipinski definition) is 2. The van der Waals surface area contributed by atoms with Crippen LogP contribution in [0.5, 0.6) is 0 Å². The van der Waals surface area contributed by atoms with Crippen molar-refractivity contribution in [3.05, 3.63) is 0 Å². The summed E-state index contributed by atoms with van der Waals surface area (Å²) in [4.78, 5) is 0. The molecule has 1 heterocycles. The number of rotatable bonds is 5. The third-order valence-corrected chi connectivity index (χ3v) is 5.41. The van der Waals surface area contributed by atoms with Gasteiger partial charge in [0.2, 0.25) is 0 Å². The summed E-state index contributed by atoms with van der Waals surface area (Å²) in [5.74, 6) is 3.74. The highest BCUT2D eigenvalue weighted by molar-refractivity contribution is 7.99. The van der Waals surface area contributed by atoms with Crippen molar-refractivity contribution in [2.75, 3.05) is 11.5 Å². The van der Waals surface area contributed by atoms with Crippen molar-refractivity contribution in [3.63, 3.8) is 0 Å². The minimum Gasteiger partial charge on any atom is -0.310 e. The van der Waals surface area contributed by atoms with Crippen LogP contribution in [-0.4, -0.2) is 23.6 Å². The van der Waals surface area contributed by atoms with Crippen molar-refractivity contribution < 1.29 is 0 Å². The first kappa shape index (κ1) is 12.8. The Labute approximate surface area is 105 Å². The van der Waals surface area contributed by atoms with Gasteiger partial charge in [0.15, 0.2) is 0 Å². The van der Waals surface area contributed by atoms with E-state index in [-0.39, 0.29) is 0 Å². The van der Waals surface area contributed by atoms with Crippen LogP contribution in [0, 0.1) is 5.92 Å². The van der Waals surface area contributed by atoms with Crippen molar-refractivity contribution in [2.24, 2.45) is 5.92 Å². The van der Waals surface area contributed by atoms with Crippen molar-refractivity contribution >= 4 is 11.8 Å². The van der Waals surface area contributed by atoms with Crippen molar-refractivity contribution in [3.8, 4) is 0 Å². The standard InChI is InChI=1S/C14H27NS/c1-2-3-6-12-7-4-9-14(12)15-13-8-5-10-16-11-13/h12-15H,2-11H2,1H3. The van der Waals surface area contributed by atoms with E-state index in [1.165, 1.54) is 62.9 Å². The average molecular weight is 241 g/mol. The molecular formula is C14H27NS. The Morgan fingerprint density at radius 1 is 1.19 bits per heavy atom. The molecule has 0 aromatic heterocycles. The summed E-state index contributed by atoms with van der Waals surface area (Å²) < 4.78 is 0. The molecule has 2 rings (SSSR count). The van der Waals surface area contributed by atoms with Crippen LogP contribution in [0.4, 0.5) is 0 Å². The van der Waals surface area contributed by atoms with E-state index < -0.39 is 0 Å². The maximum absolute atomic E-state index is 3.96. The molecule has 1 saturated carbocycles. The molecule has 0 spiro atoms. The van der Waals surface area contributed by atoms with Gasteiger partial charge in [0.25, 0.3) is 0 Å². The van der Waals surface area contributed by atoms with Crippen LogP contribution in [0.1, 0.15) is 58.3 Å². The van der Waals surface area contributed by atoms with E-state index in [2.05, 4.69) is 24.0 Å². The zero-order valence-electron chi connectivity index (χ0n) is 10.7. The van der Waals surface area contributed by atoms with Crippen LogP contribution < -0.4 is 5.32 Å². The first-order chi connectivity index (χ1) is 7.90. The molecule has 1 N–H and O–H groups in total. The Bertz CT molecular complexity index is 189. The lowest BCUT2D eigenvalue weighted by Gasteiger charge is -2.29. The quantitative estimate of drug-likeness (QED) is 0.785. The molecule has 0 aromatic rings. The molecule has 3 atom stereocenters. The molecule has 94 valence electrons. The second kappa shape index (κ2) is 6.90. The Morgan fingerprint density at radius 3 is 2.88 bits per heavy atom. The van der Waals surface area contributed by atoms with Gasteiger partial charge < -0.3 is 5.32 Å². The van der Waals surface area contributed by atoms with Gasteiger partial charge in [0, 0.05) is 17.8 Å². The lowest BCUT2D eigenvalue weighted by Crippen LogP contribution is -2.43. The summed E-state index contributed by atoms with van der Waals surface area (Å²) in [6.07, 6.45) is 11.5. The van der Waals surface area contributed by atoms with E-state index in [1.54, 1.807) is 0 Å². The molecule has 1 nitrogen and oxygen atoms in total. The van der Waals surface area contributed by atoms with Crippen molar-refractivity contribution in [2.45, 2.75) is 70.4 Å².